The van der Waals surface area contributed by atoms with Gasteiger partial charge in [0.15, 0.2) is 11.5 Å². The van der Waals surface area contributed by atoms with Crippen LogP contribution >= 0.6 is 0 Å². The molecule has 0 aliphatic carbocycles. The Bertz CT molecular complexity index is 560. The standard InChI is InChI=1S/C12H17N5O2/c1-4-17(9(3)18)6-5-11-13-12(19-16-11)10-7-8(2)14-15-10/h7H,4-6H2,1-3H3,(H,14,15). The first-order valence-electron chi connectivity index (χ1n) is 6.20. The molecule has 2 aromatic rings. The van der Waals surface area contributed by atoms with E-state index >= 15 is 0 Å². The molecule has 19 heavy (non-hydrogen) atoms. The number of aromatic nitrogens is 4. The van der Waals surface area contributed by atoms with Gasteiger partial charge in [0.25, 0.3) is 5.89 Å². The second kappa shape index (κ2) is 5.64. The summed E-state index contributed by atoms with van der Waals surface area (Å²) in [5, 5.41) is 10.8. The number of carbonyl (C=O) groups excluding carboxylic acids is 1. The average Bonchev–Trinajstić information content (AvgIpc) is 2.98. The van der Waals surface area contributed by atoms with Crippen molar-refractivity contribution in [3.63, 3.8) is 0 Å². The Morgan fingerprint density at radius 3 is 2.89 bits per heavy atom. The van der Waals surface area contributed by atoms with Gasteiger partial charge in [-0.25, -0.2) is 0 Å². The zero-order chi connectivity index (χ0) is 13.8. The van der Waals surface area contributed by atoms with E-state index in [2.05, 4.69) is 20.3 Å². The molecule has 0 saturated heterocycles. The van der Waals surface area contributed by atoms with Gasteiger partial charge in [-0.2, -0.15) is 10.1 Å². The summed E-state index contributed by atoms with van der Waals surface area (Å²) in [5.74, 6) is 1.02. The van der Waals surface area contributed by atoms with E-state index in [1.165, 1.54) is 0 Å². The van der Waals surface area contributed by atoms with Crippen LogP contribution in [-0.2, 0) is 11.2 Å². The summed E-state index contributed by atoms with van der Waals surface area (Å²) in [6.45, 7) is 6.66. The predicted octanol–water partition coefficient (Wildman–Crippen LogP) is 1.18. The summed E-state index contributed by atoms with van der Waals surface area (Å²) in [6.07, 6.45) is 0.570. The molecule has 0 fully saturated rings. The molecular weight excluding hydrogens is 246 g/mol. The Morgan fingerprint density at radius 1 is 1.53 bits per heavy atom. The first-order chi connectivity index (χ1) is 9.10. The molecule has 2 heterocycles. The molecule has 2 aromatic heterocycles. The van der Waals surface area contributed by atoms with E-state index in [4.69, 9.17) is 4.52 Å². The summed E-state index contributed by atoms with van der Waals surface area (Å²) in [6, 6.07) is 1.84. The van der Waals surface area contributed by atoms with Gasteiger partial charge in [-0.3, -0.25) is 9.89 Å². The number of H-pyrrole nitrogens is 1. The fourth-order valence-corrected chi connectivity index (χ4v) is 1.76. The van der Waals surface area contributed by atoms with Gasteiger partial charge in [-0.1, -0.05) is 5.16 Å². The van der Waals surface area contributed by atoms with Crippen LogP contribution in [0.2, 0.25) is 0 Å². The van der Waals surface area contributed by atoms with Crippen LogP contribution in [0.15, 0.2) is 10.6 Å². The second-order valence-electron chi connectivity index (χ2n) is 4.30. The molecule has 7 heteroatoms. The fourth-order valence-electron chi connectivity index (χ4n) is 1.76. The van der Waals surface area contributed by atoms with E-state index < -0.39 is 0 Å². The lowest BCUT2D eigenvalue weighted by atomic mass is 10.3. The van der Waals surface area contributed by atoms with Gasteiger partial charge in [0, 0.05) is 32.1 Å². The number of rotatable bonds is 5. The molecule has 1 N–H and O–H groups in total. The molecule has 0 radical (unpaired) electrons. The molecule has 0 saturated carbocycles. The first kappa shape index (κ1) is 13.3. The van der Waals surface area contributed by atoms with Crippen LogP contribution in [0.5, 0.6) is 0 Å². The topological polar surface area (TPSA) is 87.9 Å². The number of aryl methyl sites for hydroxylation is 1. The van der Waals surface area contributed by atoms with E-state index in [-0.39, 0.29) is 5.91 Å². The second-order valence-corrected chi connectivity index (χ2v) is 4.30. The third-order valence-electron chi connectivity index (χ3n) is 2.83. The molecule has 0 bridgehead atoms. The summed E-state index contributed by atoms with van der Waals surface area (Å²) >= 11 is 0. The number of aromatic amines is 1. The zero-order valence-electron chi connectivity index (χ0n) is 11.3. The van der Waals surface area contributed by atoms with Crippen LogP contribution in [0.3, 0.4) is 0 Å². The average molecular weight is 263 g/mol. The highest BCUT2D eigenvalue weighted by atomic mass is 16.5. The maximum absolute atomic E-state index is 11.3. The van der Waals surface area contributed by atoms with Crippen molar-refractivity contribution in [3.8, 4) is 11.6 Å². The normalized spacial score (nSPS) is 10.7. The first-order valence-corrected chi connectivity index (χ1v) is 6.20. The van der Waals surface area contributed by atoms with Gasteiger partial charge in [-0.05, 0) is 19.9 Å². The molecule has 0 aromatic carbocycles. The Hall–Kier alpha value is -2.18. The minimum absolute atomic E-state index is 0.0501. The number of likely N-dealkylation sites (N-methyl/N-ethyl adjacent to an activating group) is 1. The summed E-state index contributed by atoms with van der Waals surface area (Å²) in [7, 11) is 0. The molecule has 0 unspecified atom stereocenters. The number of carbonyl (C=O) groups is 1. The predicted molar refractivity (Wildman–Crippen MR) is 68.2 cm³/mol. The van der Waals surface area contributed by atoms with Crippen molar-refractivity contribution in [2.24, 2.45) is 0 Å². The molecule has 0 atom stereocenters. The van der Waals surface area contributed by atoms with Gasteiger partial charge in [0.1, 0.15) is 0 Å². The smallest absolute Gasteiger partial charge is 0.278 e. The van der Waals surface area contributed by atoms with E-state index in [0.29, 0.717) is 36.9 Å². The van der Waals surface area contributed by atoms with Crippen molar-refractivity contribution in [1.29, 1.82) is 0 Å². The van der Waals surface area contributed by atoms with Crippen LogP contribution in [0.25, 0.3) is 11.6 Å². The van der Waals surface area contributed by atoms with Crippen LogP contribution < -0.4 is 0 Å². The SMILES string of the molecule is CCN(CCc1noc(-c2cc(C)[nH]n2)n1)C(C)=O. The minimum Gasteiger partial charge on any atom is -0.343 e. The van der Waals surface area contributed by atoms with Crippen LogP contribution in [-0.4, -0.2) is 44.2 Å². The van der Waals surface area contributed by atoms with E-state index in [9.17, 15) is 4.79 Å². The lowest BCUT2D eigenvalue weighted by Gasteiger charge is -2.17. The Labute approximate surface area is 111 Å². The molecule has 0 aliphatic rings. The van der Waals surface area contributed by atoms with Crippen LogP contribution in [0.1, 0.15) is 25.4 Å². The quantitative estimate of drug-likeness (QED) is 0.875. The maximum Gasteiger partial charge on any atom is 0.278 e. The van der Waals surface area contributed by atoms with Gasteiger partial charge in [0.05, 0.1) is 0 Å². The molecule has 0 spiro atoms. The molecular formula is C12H17N5O2. The highest BCUT2D eigenvalue weighted by molar-refractivity contribution is 5.73. The highest BCUT2D eigenvalue weighted by Crippen LogP contribution is 2.15. The van der Waals surface area contributed by atoms with Crippen molar-refractivity contribution < 1.29 is 9.32 Å². The monoisotopic (exact) mass is 263 g/mol. The van der Waals surface area contributed by atoms with Crippen LogP contribution in [0, 0.1) is 6.92 Å². The summed E-state index contributed by atoms with van der Waals surface area (Å²) in [5.41, 5.74) is 1.57. The van der Waals surface area contributed by atoms with Gasteiger partial charge < -0.3 is 9.42 Å². The third kappa shape index (κ3) is 3.18. The Balaban J connectivity index is 2.00. The van der Waals surface area contributed by atoms with Gasteiger partial charge >= 0.3 is 0 Å². The highest BCUT2D eigenvalue weighted by Gasteiger charge is 2.13. The lowest BCUT2D eigenvalue weighted by molar-refractivity contribution is -0.128. The van der Waals surface area contributed by atoms with Crippen molar-refractivity contribution in [2.45, 2.75) is 27.2 Å². The fraction of sp³-hybridized carbons (Fsp3) is 0.500. The number of nitrogens with zero attached hydrogens (tertiary/aromatic N) is 4. The third-order valence-corrected chi connectivity index (χ3v) is 2.83. The van der Waals surface area contributed by atoms with Gasteiger partial charge in [0.2, 0.25) is 5.91 Å². The summed E-state index contributed by atoms with van der Waals surface area (Å²) in [4.78, 5) is 17.3. The molecule has 7 nitrogen and oxygen atoms in total. The number of hydrogen-bond acceptors (Lipinski definition) is 5. The number of amides is 1. The number of nitrogens with one attached hydrogen (secondary N) is 1. The lowest BCUT2D eigenvalue weighted by Crippen LogP contribution is -2.30. The molecule has 1 amide bonds. The Morgan fingerprint density at radius 2 is 2.32 bits per heavy atom. The van der Waals surface area contributed by atoms with E-state index in [1.807, 2.05) is 19.9 Å². The van der Waals surface area contributed by atoms with Crippen molar-refractivity contribution in [1.82, 2.24) is 25.2 Å². The number of hydrogen-bond donors (Lipinski definition) is 1. The van der Waals surface area contributed by atoms with Crippen molar-refractivity contribution in [2.75, 3.05) is 13.1 Å². The Kier molecular flexibility index (Phi) is 3.94. The molecule has 0 aliphatic heterocycles. The van der Waals surface area contributed by atoms with E-state index in [1.54, 1.807) is 11.8 Å². The minimum atomic E-state index is 0.0501. The summed E-state index contributed by atoms with van der Waals surface area (Å²) < 4.78 is 5.14. The van der Waals surface area contributed by atoms with Crippen LogP contribution in [0.4, 0.5) is 0 Å². The van der Waals surface area contributed by atoms with E-state index in [0.717, 1.165) is 5.69 Å². The maximum atomic E-state index is 11.3. The largest absolute Gasteiger partial charge is 0.343 e. The van der Waals surface area contributed by atoms with Gasteiger partial charge in [-0.15, -0.1) is 0 Å². The van der Waals surface area contributed by atoms with Crippen molar-refractivity contribution in [3.05, 3.63) is 17.6 Å². The van der Waals surface area contributed by atoms with Crippen molar-refractivity contribution >= 4 is 5.91 Å². The molecule has 2 rings (SSSR count). The molecule has 102 valence electrons. The zero-order valence-corrected chi connectivity index (χ0v) is 11.3.